The van der Waals surface area contributed by atoms with Gasteiger partial charge in [-0.25, -0.2) is 0 Å². The van der Waals surface area contributed by atoms with E-state index in [9.17, 15) is 0 Å². The lowest BCUT2D eigenvalue weighted by Crippen LogP contribution is -2.40. The molecule has 1 aliphatic rings. The van der Waals surface area contributed by atoms with Crippen LogP contribution in [0.5, 0.6) is 0 Å². The highest BCUT2D eigenvalue weighted by molar-refractivity contribution is 4.78. The van der Waals surface area contributed by atoms with Crippen molar-refractivity contribution in [2.45, 2.75) is 32.2 Å². The molecule has 0 bridgehead atoms. The van der Waals surface area contributed by atoms with Gasteiger partial charge in [-0.3, -0.25) is 0 Å². The Morgan fingerprint density at radius 1 is 1.53 bits per heavy atom. The van der Waals surface area contributed by atoms with Crippen molar-refractivity contribution in [3.8, 4) is 0 Å². The van der Waals surface area contributed by atoms with Gasteiger partial charge in [-0.05, 0) is 39.4 Å². The molecule has 3 nitrogen and oxygen atoms in total. The van der Waals surface area contributed by atoms with Crippen LogP contribution in [-0.4, -0.2) is 56.1 Å². The molecule has 0 aliphatic carbocycles. The Morgan fingerprint density at radius 3 is 2.73 bits per heavy atom. The monoisotopic (exact) mass is 213 g/mol. The Hall–Kier alpha value is -0.120. The highest BCUT2D eigenvalue weighted by Crippen LogP contribution is 2.16. The van der Waals surface area contributed by atoms with Gasteiger partial charge in [-0.2, -0.15) is 0 Å². The van der Waals surface area contributed by atoms with Crippen molar-refractivity contribution >= 4 is 0 Å². The van der Waals surface area contributed by atoms with E-state index in [4.69, 9.17) is 5.73 Å². The number of hydrogen-bond acceptors (Lipinski definition) is 3. The molecule has 0 saturated carbocycles. The minimum atomic E-state index is 0.584. The van der Waals surface area contributed by atoms with Crippen molar-refractivity contribution in [1.82, 2.24) is 9.80 Å². The van der Waals surface area contributed by atoms with Crippen LogP contribution in [0.2, 0.25) is 0 Å². The quantitative estimate of drug-likeness (QED) is 0.714. The van der Waals surface area contributed by atoms with Gasteiger partial charge in [0.25, 0.3) is 0 Å². The van der Waals surface area contributed by atoms with Gasteiger partial charge in [0.05, 0.1) is 0 Å². The molecule has 2 N–H and O–H groups in total. The molecular formula is C12H27N3. The first-order chi connectivity index (χ1) is 7.17. The van der Waals surface area contributed by atoms with Crippen LogP contribution in [0, 0.1) is 5.92 Å². The molecule has 3 heteroatoms. The summed E-state index contributed by atoms with van der Waals surface area (Å²) >= 11 is 0. The maximum atomic E-state index is 5.81. The van der Waals surface area contributed by atoms with Gasteiger partial charge in [-0.15, -0.1) is 0 Å². The Morgan fingerprint density at radius 2 is 2.27 bits per heavy atom. The van der Waals surface area contributed by atoms with Crippen LogP contribution in [-0.2, 0) is 0 Å². The van der Waals surface area contributed by atoms with Gasteiger partial charge in [0.15, 0.2) is 0 Å². The predicted molar refractivity (Wildman–Crippen MR) is 66.0 cm³/mol. The second-order valence-electron chi connectivity index (χ2n) is 5.03. The Kier molecular flexibility index (Phi) is 5.58. The lowest BCUT2D eigenvalue weighted by Gasteiger charge is -2.29. The highest BCUT2D eigenvalue weighted by Gasteiger charge is 2.22. The minimum absolute atomic E-state index is 0.584. The summed E-state index contributed by atoms with van der Waals surface area (Å²) in [5.74, 6) is 0.853. The molecule has 0 aromatic heterocycles. The van der Waals surface area contributed by atoms with Crippen molar-refractivity contribution in [3.05, 3.63) is 0 Å². The topological polar surface area (TPSA) is 32.5 Å². The zero-order valence-corrected chi connectivity index (χ0v) is 10.6. The molecule has 1 heterocycles. The van der Waals surface area contributed by atoms with Crippen molar-refractivity contribution in [2.75, 3.05) is 40.3 Å². The number of rotatable bonds is 6. The standard InChI is InChI=1S/C12H27N3/c1-4-5-12(8-13)15(3)10-11-6-7-14(2)9-11/h11-12H,4-10,13H2,1-3H3. The van der Waals surface area contributed by atoms with Crippen molar-refractivity contribution in [2.24, 2.45) is 11.7 Å². The summed E-state index contributed by atoms with van der Waals surface area (Å²) in [6, 6.07) is 0.584. The number of likely N-dealkylation sites (tertiary alicyclic amines) is 1. The fourth-order valence-electron chi connectivity index (χ4n) is 2.58. The third-order valence-corrected chi connectivity index (χ3v) is 3.55. The third-order valence-electron chi connectivity index (χ3n) is 3.55. The number of likely N-dealkylation sites (N-methyl/N-ethyl adjacent to an activating group) is 1. The molecule has 2 unspecified atom stereocenters. The molecule has 1 fully saturated rings. The summed E-state index contributed by atoms with van der Waals surface area (Å²) in [5, 5.41) is 0. The summed E-state index contributed by atoms with van der Waals surface area (Å²) in [7, 11) is 4.44. The fraction of sp³-hybridized carbons (Fsp3) is 1.00. The molecule has 15 heavy (non-hydrogen) atoms. The van der Waals surface area contributed by atoms with E-state index >= 15 is 0 Å². The maximum Gasteiger partial charge on any atom is 0.0215 e. The molecule has 0 radical (unpaired) electrons. The molecule has 1 aliphatic heterocycles. The van der Waals surface area contributed by atoms with E-state index in [1.807, 2.05) is 0 Å². The van der Waals surface area contributed by atoms with Crippen molar-refractivity contribution < 1.29 is 0 Å². The van der Waals surface area contributed by atoms with E-state index in [2.05, 4.69) is 30.8 Å². The van der Waals surface area contributed by atoms with E-state index in [0.717, 1.165) is 12.5 Å². The number of hydrogen-bond donors (Lipinski definition) is 1. The highest BCUT2D eigenvalue weighted by atomic mass is 15.2. The SMILES string of the molecule is CCCC(CN)N(C)CC1CCN(C)C1. The second kappa shape index (κ2) is 6.46. The number of nitrogens with zero attached hydrogens (tertiary/aromatic N) is 2. The first-order valence-corrected chi connectivity index (χ1v) is 6.26. The summed E-state index contributed by atoms with van der Waals surface area (Å²) < 4.78 is 0. The Labute approximate surface area is 94.6 Å². The average Bonchev–Trinajstić information content (AvgIpc) is 2.60. The van der Waals surface area contributed by atoms with Gasteiger partial charge in [0.1, 0.15) is 0 Å². The minimum Gasteiger partial charge on any atom is -0.329 e. The average molecular weight is 213 g/mol. The Bertz CT molecular complexity index is 172. The Balaban J connectivity index is 2.29. The molecule has 0 aromatic carbocycles. The predicted octanol–water partition coefficient (Wildman–Crippen LogP) is 0.997. The molecular weight excluding hydrogens is 186 g/mol. The zero-order chi connectivity index (χ0) is 11.3. The lowest BCUT2D eigenvalue weighted by molar-refractivity contribution is 0.200. The van der Waals surface area contributed by atoms with Crippen molar-refractivity contribution in [3.63, 3.8) is 0 Å². The summed E-state index contributed by atoms with van der Waals surface area (Å²) in [4.78, 5) is 4.89. The molecule has 1 saturated heterocycles. The van der Waals surface area contributed by atoms with Gasteiger partial charge in [-0.1, -0.05) is 13.3 Å². The molecule has 1 rings (SSSR count). The summed E-state index contributed by atoms with van der Waals surface area (Å²) in [5.41, 5.74) is 5.81. The van der Waals surface area contributed by atoms with Gasteiger partial charge in [0.2, 0.25) is 0 Å². The van der Waals surface area contributed by atoms with Crippen LogP contribution in [0.1, 0.15) is 26.2 Å². The maximum absolute atomic E-state index is 5.81. The van der Waals surface area contributed by atoms with Crippen LogP contribution in [0.3, 0.4) is 0 Å². The first-order valence-electron chi connectivity index (χ1n) is 6.26. The van der Waals surface area contributed by atoms with Gasteiger partial charge < -0.3 is 15.5 Å². The third kappa shape index (κ3) is 4.09. The van der Waals surface area contributed by atoms with E-state index in [0.29, 0.717) is 6.04 Å². The smallest absolute Gasteiger partial charge is 0.0215 e. The molecule has 0 amide bonds. The fourth-order valence-corrected chi connectivity index (χ4v) is 2.58. The van der Waals surface area contributed by atoms with E-state index < -0.39 is 0 Å². The molecule has 0 spiro atoms. The van der Waals surface area contributed by atoms with Crippen LogP contribution >= 0.6 is 0 Å². The van der Waals surface area contributed by atoms with Crippen LogP contribution < -0.4 is 5.73 Å². The summed E-state index contributed by atoms with van der Waals surface area (Å²) in [6.07, 6.45) is 3.82. The van der Waals surface area contributed by atoms with E-state index in [1.54, 1.807) is 0 Å². The number of nitrogens with two attached hydrogens (primary N) is 1. The largest absolute Gasteiger partial charge is 0.329 e. The zero-order valence-electron chi connectivity index (χ0n) is 10.6. The van der Waals surface area contributed by atoms with Gasteiger partial charge in [0, 0.05) is 25.7 Å². The molecule has 0 aromatic rings. The van der Waals surface area contributed by atoms with E-state index in [1.165, 1.54) is 38.9 Å². The van der Waals surface area contributed by atoms with Gasteiger partial charge >= 0.3 is 0 Å². The first kappa shape index (κ1) is 12.9. The molecule has 2 atom stereocenters. The van der Waals surface area contributed by atoms with E-state index in [-0.39, 0.29) is 0 Å². The van der Waals surface area contributed by atoms with Crippen LogP contribution in [0.4, 0.5) is 0 Å². The van der Waals surface area contributed by atoms with Crippen LogP contribution in [0.15, 0.2) is 0 Å². The summed E-state index contributed by atoms with van der Waals surface area (Å²) in [6.45, 7) is 6.77. The normalized spacial score (nSPS) is 25.0. The molecule has 90 valence electrons. The van der Waals surface area contributed by atoms with Crippen LogP contribution in [0.25, 0.3) is 0 Å². The second-order valence-corrected chi connectivity index (χ2v) is 5.03. The lowest BCUT2D eigenvalue weighted by atomic mass is 10.1. The van der Waals surface area contributed by atoms with Crippen molar-refractivity contribution in [1.29, 1.82) is 0 Å².